The molecule has 0 radical (unpaired) electrons. The maximum absolute atomic E-state index is 12.4. The van der Waals surface area contributed by atoms with Crippen LogP contribution in [0.4, 0.5) is 10.6 Å². The van der Waals surface area contributed by atoms with Crippen LogP contribution >= 0.6 is 0 Å². The van der Waals surface area contributed by atoms with E-state index < -0.39 is 6.09 Å². The highest BCUT2D eigenvalue weighted by molar-refractivity contribution is 5.85. The second-order valence-electron chi connectivity index (χ2n) is 8.17. The molecule has 1 fully saturated rings. The Bertz CT molecular complexity index is 764. The third-order valence-electron chi connectivity index (χ3n) is 5.09. The lowest BCUT2D eigenvalue weighted by molar-refractivity contribution is 0.213. The van der Waals surface area contributed by atoms with E-state index in [1.54, 1.807) is 12.1 Å². The first-order chi connectivity index (χ1) is 12.9. The van der Waals surface area contributed by atoms with Gasteiger partial charge in [0.2, 0.25) is 0 Å². The van der Waals surface area contributed by atoms with Gasteiger partial charge < -0.3 is 10.1 Å². The van der Waals surface area contributed by atoms with Gasteiger partial charge in [-0.25, -0.2) is 9.48 Å². The van der Waals surface area contributed by atoms with Gasteiger partial charge in [0.25, 0.3) is 0 Å². The van der Waals surface area contributed by atoms with Crippen LogP contribution in [0, 0.1) is 5.92 Å². The fraction of sp³-hybridized carbons (Fsp3) is 0.524. The number of hydrogen-bond donors (Lipinski definition) is 2. The van der Waals surface area contributed by atoms with Gasteiger partial charge in [0, 0.05) is 11.5 Å². The molecule has 1 saturated heterocycles. The van der Waals surface area contributed by atoms with Crippen molar-refractivity contribution < 1.29 is 9.53 Å². The second kappa shape index (κ2) is 8.13. The molecular weight excluding hydrogens is 340 g/mol. The molecule has 0 saturated carbocycles. The number of nitrogens with one attached hydrogen (secondary N) is 2. The summed E-state index contributed by atoms with van der Waals surface area (Å²) in [5.74, 6) is 1.70. The summed E-state index contributed by atoms with van der Waals surface area (Å²) in [4.78, 5) is 12.4. The van der Waals surface area contributed by atoms with E-state index in [1.165, 1.54) is 0 Å². The summed E-state index contributed by atoms with van der Waals surface area (Å²) in [5, 5.41) is 11.3. The number of amides is 1. The zero-order chi connectivity index (χ0) is 19.4. The van der Waals surface area contributed by atoms with Gasteiger partial charge in [-0.05, 0) is 37.6 Å². The molecule has 6 nitrogen and oxygen atoms in total. The first-order valence-corrected chi connectivity index (χ1v) is 9.73. The maximum Gasteiger partial charge on any atom is 0.418 e. The van der Waals surface area contributed by atoms with E-state index >= 15 is 0 Å². The van der Waals surface area contributed by atoms with Crippen molar-refractivity contribution in [2.75, 3.05) is 18.4 Å². The van der Waals surface area contributed by atoms with Crippen molar-refractivity contribution in [3.05, 3.63) is 42.1 Å². The third kappa shape index (κ3) is 4.69. The number of piperidine rings is 1. The fourth-order valence-corrected chi connectivity index (χ4v) is 3.48. The number of anilines is 1. The van der Waals surface area contributed by atoms with Gasteiger partial charge in [0.1, 0.15) is 11.6 Å². The average Bonchev–Trinajstić information content (AvgIpc) is 3.06. The molecule has 146 valence electrons. The van der Waals surface area contributed by atoms with E-state index in [9.17, 15) is 4.79 Å². The van der Waals surface area contributed by atoms with E-state index in [0.29, 0.717) is 17.5 Å². The predicted molar refractivity (Wildman–Crippen MR) is 107 cm³/mol. The molecule has 3 rings (SSSR count). The van der Waals surface area contributed by atoms with Gasteiger partial charge in [-0.2, -0.15) is 5.10 Å². The molecule has 2 atom stereocenters. The zero-order valence-electron chi connectivity index (χ0n) is 16.7. The molecule has 1 aromatic carbocycles. The molecule has 0 bridgehead atoms. The van der Waals surface area contributed by atoms with E-state index in [-0.39, 0.29) is 11.5 Å². The monoisotopic (exact) mass is 370 g/mol. The minimum Gasteiger partial charge on any atom is -0.410 e. The molecule has 1 aliphatic heterocycles. The molecule has 2 unspecified atom stereocenters. The maximum atomic E-state index is 12.4. The first-order valence-electron chi connectivity index (χ1n) is 9.73. The zero-order valence-corrected chi connectivity index (χ0v) is 16.7. The van der Waals surface area contributed by atoms with E-state index in [0.717, 1.165) is 31.6 Å². The highest BCUT2D eigenvalue weighted by Gasteiger charge is 2.30. The summed E-state index contributed by atoms with van der Waals surface area (Å²) in [7, 11) is 0. The van der Waals surface area contributed by atoms with Crippen LogP contribution in [0.1, 0.15) is 52.3 Å². The molecule has 27 heavy (non-hydrogen) atoms. The SMILES string of the molecule is CCC1CNCCC1n1nc(C(C)(C)C)cc1NC(=O)Oc1ccccc1. The molecule has 2 N–H and O–H groups in total. The van der Waals surface area contributed by atoms with Gasteiger partial charge >= 0.3 is 6.09 Å². The van der Waals surface area contributed by atoms with Crippen LogP contribution in [0.25, 0.3) is 0 Å². The Kier molecular flexibility index (Phi) is 5.85. The Morgan fingerprint density at radius 1 is 1.33 bits per heavy atom. The number of benzene rings is 1. The first kappa shape index (κ1) is 19.4. The summed E-state index contributed by atoms with van der Waals surface area (Å²) in [6.07, 6.45) is 1.56. The van der Waals surface area contributed by atoms with Gasteiger partial charge in [0.05, 0.1) is 11.7 Å². The smallest absolute Gasteiger partial charge is 0.410 e. The Morgan fingerprint density at radius 2 is 2.07 bits per heavy atom. The summed E-state index contributed by atoms with van der Waals surface area (Å²) in [5.41, 5.74) is 0.866. The minimum atomic E-state index is -0.496. The lowest BCUT2D eigenvalue weighted by atomic mass is 9.91. The van der Waals surface area contributed by atoms with Crippen molar-refractivity contribution in [2.45, 2.75) is 52.0 Å². The minimum absolute atomic E-state index is 0.0976. The van der Waals surface area contributed by atoms with Crippen LogP contribution in [0.2, 0.25) is 0 Å². The Hall–Kier alpha value is -2.34. The summed E-state index contributed by atoms with van der Waals surface area (Å²) < 4.78 is 7.41. The van der Waals surface area contributed by atoms with Crippen molar-refractivity contribution in [3.8, 4) is 5.75 Å². The van der Waals surface area contributed by atoms with Crippen molar-refractivity contribution in [2.24, 2.45) is 5.92 Å². The second-order valence-corrected chi connectivity index (χ2v) is 8.17. The Labute approximate surface area is 161 Å². The van der Waals surface area contributed by atoms with Crippen molar-refractivity contribution in [1.29, 1.82) is 0 Å². The van der Waals surface area contributed by atoms with Crippen LogP contribution in [0.3, 0.4) is 0 Å². The molecular formula is C21H30N4O2. The summed E-state index contributed by atoms with van der Waals surface area (Å²) >= 11 is 0. The molecule has 6 heteroatoms. The number of rotatable bonds is 4. The largest absolute Gasteiger partial charge is 0.418 e. The fourth-order valence-electron chi connectivity index (χ4n) is 3.48. The molecule has 1 aromatic heterocycles. The van der Waals surface area contributed by atoms with Crippen LogP contribution in [-0.4, -0.2) is 29.0 Å². The molecule has 2 aromatic rings. The number of nitrogens with zero attached hydrogens (tertiary/aromatic N) is 2. The molecule has 0 spiro atoms. The van der Waals surface area contributed by atoms with E-state index in [4.69, 9.17) is 9.84 Å². The number of aromatic nitrogens is 2. The summed E-state index contributed by atoms with van der Waals surface area (Å²) in [6, 6.07) is 11.3. The molecule has 2 heterocycles. The van der Waals surface area contributed by atoms with Crippen LogP contribution in [0.5, 0.6) is 5.75 Å². The van der Waals surface area contributed by atoms with Crippen molar-refractivity contribution >= 4 is 11.9 Å². The molecule has 1 aliphatic rings. The quantitative estimate of drug-likeness (QED) is 0.839. The molecule has 1 amide bonds. The van der Waals surface area contributed by atoms with Gasteiger partial charge in [-0.15, -0.1) is 0 Å². The van der Waals surface area contributed by atoms with E-state index in [2.05, 4.69) is 38.3 Å². The van der Waals surface area contributed by atoms with Crippen LogP contribution in [-0.2, 0) is 5.41 Å². The van der Waals surface area contributed by atoms with Gasteiger partial charge in [0.15, 0.2) is 0 Å². The van der Waals surface area contributed by atoms with Gasteiger partial charge in [-0.1, -0.05) is 52.3 Å². The van der Waals surface area contributed by atoms with Gasteiger partial charge in [-0.3, -0.25) is 5.32 Å². The number of hydrogen-bond acceptors (Lipinski definition) is 4. The predicted octanol–water partition coefficient (Wildman–Crippen LogP) is 4.35. The normalized spacial score (nSPS) is 20.3. The highest BCUT2D eigenvalue weighted by Crippen LogP contribution is 2.33. The van der Waals surface area contributed by atoms with Crippen LogP contribution in [0.15, 0.2) is 36.4 Å². The lowest BCUT2D eigenvalue weighted by Crippen LogP contribution is -2.38. The molecule has 0 aliphatic carbocycles. The summed E-state index contributed by atoms with van der Waals surface area (Å²) in [6.45, 7) is 10.5. The topological polar surface area (TPSA) is 68.2 Å². The van der Waals surface area contributed by atoms with Crippen LogP contribution < -0.4 is 15.4 Å². The standard InChI is InChI=1S/C21H30N4O2/c1-5-15-14-22-12-11-17(15)25-19(13-18(24-25)21(2,3)4)23-20(26)27-16-9-7-6-8-10-16/h6-10,13,15,17,22H,5,11-12,14H2,1-4H3,(H,23,26). The highest BCUT2D eigenvalue weighted by atomic mass is 16.6. The number of para-hydroxylation sites is 1. The number of carbonyl (C=O) groups excluding carboxylic acids is 1. The van der Waals surface area contributed by atoms with E-state index in [1.807, 2.05) is 28.9 Å². The third-order valence-corrected chi connectivity index (χ3v) is 5.09. The van der Waals surface area contributed by atoms with Crippen molar-refractivity contribution in [3.63, 3.8) is 0 Å². The number of ether oxygens (including phenoxy) is 1. The lowest BCUT2D eigenvalue weighted by Gasteiger charge is -2.32. The Morgan fingerprint density at radius 3 is 2.74 bits per heavy atom. The Balaban J connectivity index is 1.86. The number of carbonyl (C=O) groups is 1. The van der Waals surface area contributed by atoms with Crippen molar-refractivity contribution in [1.82, 2.24) is 15.1 Å². The average molecular weight is 370 g/mol.